The van der Waals surface area contributed by atoms with Gasteiger partial charge in [-0.1, -0.05) is 19.1 Å². The fourth-order valence-electron chi connectivity index (χ4n) is 1.90. The third kappa shape index (κ3) is 5.35. The highest BCUT2D eigenvalue weighted by atomic mass is 16.5. The lowest BCUT2D eigenvalue weighted by atomic mass is 10.3. The summed E-state index contributed by atoms with van der Waals surface area (Å²) in [5.74, 6) is 0.138. The average Bonchev–Trinajstić information content (AvgIpc) is 2.62. The standard InChI is InChI=1S/C17H20N6O3/c1-3-16(25)26-13-7-5-4-6-11(13)22-23-12-8-9-14(21-17(12)18)20-15(24)10-19-2/h4-9,19H,3,10H2,1-2H3,(H3,18,20,21,24). The molecule has 1 aromatic heterocycles. The van der Waals surface area contributed by atoms with Crippen LogP contribution in [0.3, 0.4) is 0 Å². The zero-order valence-electron chi connectivity index (χ0n) is 14.5. The predicted molar refractivity (Wildman–Crippen MR) is 97.7 cm³/mol. The van der Waals surface area contributed by atoms with Crippen LogP contribution in [-0.4, -0.2) is 30.5 Å². The maximum Gasteiger partial charge on any atom is 0.310 e. The number of aromatic nitrogens is 1. The summed E-state index contributed by atoms with van der Waals surface area (Å²) in [4.78, 5) is 27.1. The first-order valence-corrected chi connectivity index (χ1v) is 7.96. The lowest BCUT2D eigenvalue weighted by Crippen LogP contribution is -2.25. The lowest BCUT2D eigenvalue weighted by Gasteiger charge is -2.06. The SMILES string of the molecule is CCC(=O)Oc1ccccc1N=Nc1ccc(NC(=O)CNC)nc1N. The van der Waals surface area contributed by atoms with E-state index in [1.165, 1.54) is 0 Å². The van der Waals surface area contributed by atoms with Crippen LogP contribution < -0.4 is 21.1 Å². The van der Waals surface area contributed by atoms with Gasteiger partial charge in [-0.3, -0.25) is 9.59 Å². The smallest absolute Gasteiger partial charge is 0.310 e. The fraction of sp³-hybridized carbons (Fsp3) is 0.235. The quantitative estimate of drug-likeness (QED) is 0.397. The number of carbonyl (C=O) groups is 2. The van der Waals surface area contributed by atoms with Gasteiger partial charge in [0.25, 0.3) is 0 Å². The molecular formula is C17H20N6O3. The summed E-state index contributed by atoms with van der Waals surface area (Å²) < 4.78 is 5.21. The van der Waals surface area contributed by atoms with Crippen molar-refractivity contribution in [1.29, 1.82) is 0 Å². The number of hydrogen-bond donors (Lipinski definition) is 3. The van der Waals surface area contributed by atoms with E-state index >= 15 is 0 Å². The maximum atomic E-state index is 11.5. The van der Waals surface area contributed by atoms with E-state index in [2.05, 4.69) is 25.8 Å². The Hall–Kier alpha value is -3.33. The summed E-state index contributed by atoms with van der Waals surface area (Å²) in [6.45, 7) is 1.87. The number of carbonyl (C=O) groups excluding carboxylic acids is 2. The number of amides is 1. The predicted octanol–water partition coefficient (Wildman–Crippen LogP) is 2.55. The summed E-state index contributed by atoms with van der Waals surface area (Å²) in [7, 11) is 1.67. The van der Waals surface area contributed by atoms with Crippen molar-refractivity contribution in [1.82, 2.24) is 10.3 Å². The summed E-state index contributed by atoms with van der Waals surface area (Å²) in [6.07, 6.45) is 0.253. The number of esters is 1. The van der Waals surface area contributed by atoms with E-state index in [0.29, 0.717) is 22.9 Å². The molecule has 9 nitrogen and oxygen atoms in total. The zero-order valence-corrected chi connectivity index (χ0v) is 14.5. The molecule has 0 saturated heterocycles. The summed E-state index contributed by atoms with van der Waals surface area (Å²) in [5.41, 5.74) is 6.57. The van der Waals surface area contributed by atoms with Crippen LogP contribution in [0.1, 0.15) is 13.3 Å². The Balaban J connectivity index is 2.16. The number of likely N-dealkylation sites (N-methyl/N-ethyl adjacent to an activating group) is 1. The Bertz CT molecular complexity index is 822. The van der Waals surface area contributed by atoms with Crippen LogP contribution in [0.25, 0.3) is 0 Å². The number of ether oxygens (including phenoxy) is 1. The molecule has 0 atom stereocenters. The van der Waals surface area contributed by atoms with Crippen molar-refractivity contribution in [3.8, 4) is 5.75 Å². The minimum absolute atomic E-state index is 0.110. The Morgan fingerprint density at radius 1 is 1.15 bits per heavy atom. The molecule has 0 aliphatic carbocycles. The average molecular weight is 356 g/mol. The maximum absolute atomic E-state index is 11.5. The first-order valence-electron chi connectivity index (χ1n) is 7.96. The number of anilines is 2. The van der Waals surface area contributed by atoms with Crippen molar-refractivity contribution in [3.63, 3.8) is 0 Å². The van der Waals surface area contributed by atoms with E-state index in [4.69, 9.17) is 10.5 Å². The second-order valence-electron chi connectivity index (χ2n) is 5.17. The molecular weight excluding hydrogens is 336 g/mol. The second kappa shape index (κ2) is 9.23. The number of pyridine rings is 1. The van der Waals surface area contributed by atoms with Crippen LogP contribution in [0.5, 0.6) is 5.75 Å². The van der Waals surface area contributed by atoms with Gasteiger partial charge in [0.1, 0.15) is 17.2 Å². The topological polar surface area (TPSA) is 131 Å². The van der Waals surface area contributed by atoms with Gasteiger partial charge in [0.2, 0.25) is 5.91 Å². The molecule has 0 aliphatic rings. The molecule has 0 aliphatic heterocycles. The van der Waals surface area contributed by atoms with E-state index in [-0.39, 0.29) is 30.7 Å². The van der Waals surface area contributed by atoms with Crippen LogP contribution in [0.15, 0.2) is 46.6 Å². The van der Waals surface area contributed by atoms with Crippen molar-refractivity contribution in [2.24, 2.45) is 10.2 Å². The molecule has 9 heteroatoms. The molecule has 0 radical (unpaired) electrons. The molecule has 26 heavy (non-hydrogen) atoms. The summed E-state index contributed by atoms with van der Waals surface area (Å²) in [6, 6.07) is 9.93. The number of azo groups is 1. The summed E-state index contributed by atoms with van der Waals surface area (Å²) >= 11 is 0. The van der Waals surface area contributed by atoms with Crippen LogP contribution in [0.4, 0.5) is 23.0 Å². The van der Waals surface area contributed by atoms with E-state index in [9.17, 15) is 9.59 Å². The van der Waals surface area contributed by atoms with E-state index in [0.717, 1.165) is 0 Å². The Kier molecular flexibility index (Phi) is 6.75. The largest absolute Gasteiger partial charge is 0.424 e. The first-order chi connectivity index (χ1) is 12.5. The highest BCUT2D eigenvalue weighted by Crippen LogP contribution is 2.30. The normalized spacial score (nSPS) is 10.7. The van der Waals surface area contributed by atoms with Crippen LogP contribution in [0, 0.1) is 0 Å². The minimum Gasteiger partial charge on any atom is -0.424 e. The molecule has 0 fully saturated rings. The number of benzene rings is 1. The van der Waals surface area contributed by atoms with Gasteiger partial charge in [-0.05, 0) is 31.3 Å². The van der Waals surface area contributed by atoms with Gasteiger partial charge in [0.05, 0.1) is 6.54 Å². The number of rotatable bonds is 7. The molecule has 0 bridgehead atoms. The van der Waals surface area contributed by atoms with E-state index < -0.39 is 0 Å². The van der Waals surface area contributed by atoms with Crippen LogP contribution >= 0.6 is 0 Å². The monoisotopic (exact) mass is 356 g/mol. The van der Waals surface area contributed by atoms with Gasteiger partial charge in [0, 0.05) is 6.42 Å². The molecule has 4 N–H and O–H groups in total. The zero-order chi connectivity index (χ0) is 18.9. The molecule has 0 spiro atoms. The van der Waals surface area contributed by atoms with Gasteiger partial charge in [-0.25, -0.2) is 4.98 Å². The van der Waals surface area contributed by atoms with Crippen molar-refractivity contribution in [2.75, 3.05) is 24.6 Å². The second-order valence-corrected chi connectivity index (χ2v) is 5.17. The lowest BCUT2D eigenvalue weighted by molar-refractivity contribution is -0.134. The van der Waals surface area contributed by atoms with Crippen molar-refractivity contribution in [3.05, 3.63) is 36.4 Å². The Morgan fingerprint density at radius 3 is 2.58 bits per heavy atom. The molecule has 0 unspecified atom stereocenters. The number of nitrogens with zero attached hydrogens (tertiary/aromatic N) is 3. The molecule has 1 aromatic carbocycles. The molecule has 1 amide bonds. The minimum atomic E-state index is -0.365. The van der Waals surface area contributed by atoms with Crippen molar-refractivity contribution >= 4 is 34.9 Å². The van der Waals surface area contributed by atoms with Gasteiger partial charge < -0.3 is 21.1 Å². The number of nitrogens with one attached hydrogen (secondary N) is 2. The van der Waals surface area contributed by atoms with Crippen molar-refractivity contribution in [2.45, 2.75) is 13.3 Å². The Morgan fingerprint density at radius 2 is 1.88 bits per heavy atom. The van der Waals surface area contributed by atoms with Gasteiger partial charge in [-0.2, -0.15) is 0 Å². The van der Waals surface area contributed by atoms with Gasteiger partial charge >= 0.3 is 5.97 Å². The van der Waals surface area contributed by atoms with Crippen LogP contribution in [0.2, 0.25) is 0 Å². The number of hydrogen-bond acceptors (Lipinski definition) is 8. The molecule has 2 aromatic rings. The number of para-hydroxylation sites is 1. The van der Waals surface area contributed by atoms with E-state index in [1.807, 2.05) is 0 Å². The fourth-order valence-corrected chi connectivity index (χ4v) is 1.90. The number of nitrogen functional groups attached to an aromatic ring is 1. The summed E-state index contributed by atoms with van der Waals surface area (Å²) in [5, 5.41) is 13.5. The highest BCUT2D eigenvalue weighted by molar-refractivity contribution is 5.91. The number of nitrogens with two attached hydrogens (primary N) is 1. The van der Waals surface area contributed by atoms with Crippen LogP contribution in [-0.2, 0) is 9.59 Å². The third-order valence-electron chi connectivity index (χ3n) is 3.15. The Labute approximate surface area is 150 Å². The molecule has 2 rings (SSSR count). The molecule has 0 saturated carbocycles. The van der Waals surface area contributed by atoms with E-state index in [1.54, 1.807) is 50.4 Å². The van der Waals surface area contributed by atoms with Gasteiger partial charge in [-0.15, -0.1) is 10.2 Å². The highest BCUT2D eigenvalue weighted by Gasteiger charge is 2.08. The first kappa shape index (κ1) is 19.0. The molecule has 136 valence electrons. The molecule has 1 heterocycles. The van der Waals surface area contributed by atoms with Crippen molar-refractivity contribution < 1.29 is 14.3 Å². The van der Waals surface area contributed by atoms with Gasteiger partial charge in [0.15, 0.2) is 11.6 Å². The third-order valence-corrected chi connectivity index (χ3v) is 3.15.